The lowest BCUT2D eigenvalue weighted by molar-refractivity contribution is -0.192. The Kier molecular flexibility index (Phi) is 7.75. The molecule has 0 bridgehead atoms. The van der Waals surface area contributed by atoms with Crippen LogP contribution >= 0.6 is 11.6 Å². The van der Waals surface area contributed by atoms with Gasteiger partial charge in [-0.3, -0.25) is 9.78 Å². The van der Waals surface area contributed by atoms with Crippen molar-refractivity contribution in [1.29, 1.82) is 0 Å². The molecule has 1 aromatic heterocycles. The first-order chi connectivity index (χ1) is 15.6. The van der Waals surface area contributed by atoms with E-state index in [1.165, 1.54) is 0 Å². The summed E-state index contributed by atoms with van der Waals surface area (Å²) in [5.41, 5.74) is 3.08. The first-order valence-electron chi connectivity index (χ1n) is 10.1. The molecule has 4 rings (SSSR count). The third-order valence-corrected chi connectivity index (χ3v) is 5.26. The fourth-order valence-electron chi connectivity index (χ4n) is 3.54. The average molecular weight is 480 g/mol. The highest BCUT2D eigenvalue weighted by molar-refractivity contribution is 6.31. The molecule has 6 nitrogen and oxygen atoms in total. The van der Waals surface area contributed by atoms with Gasteiger partial charge in [-0.1, -0.05) is 41.9 Å². The van der Waals surface area contributed by atoms with Crippen molar-refractivity contribution in [2.45, 2.75) is 25.1 Å². The van der Waals surface area contributed by atoms with Gasteiger partial charge in [-0.2, -0.15) is 13.2 Å². The van der Waals surface area contributed by atoms with E-state index in [0.29, 0.717) is 11.4 Å². The van der Waals surface area contributed by atoms with Gasteiger partial charge in [0.05, 0.1) is 11.9 Å². The van der Waals surface area contributed by atoms with Crippen molar-refractivity contribution in [3.05, 3.63) is 71.4 Å². The molecule has 2 N–H and O–H groups in total. The number of hydrogen-bond acceptors (Lipinski definition) is 4. The predicted octanol–water partition coefficient (Wildman–Crippen LogP) is 4.46. The number of aromatic nitrogens is 1. The van der Waals surface area contributed by atoms with Gasteiger partial charge in [0.1, 0.15) is 0 Å². The number of carboxylic acid groups (broad SMARTS) is 1. The summed E-state index contributed by atoms with van der Waals surface area (Å²) in [6.07, 6.45) is -1.90. The molecule has 0 radical (unpaired) electrons. The number of benzene rings is 2. The zero-order chi connectivity index (χ0) is 24.0. The molecular formula is C23H21ClF3N3O3. The zero-order valence-electron chi connectivity index (χ0n) is 17.3. The zero-order valence-corrected chi connectivity index (χ0v) is 18.1. The minimum Gasteiger partial charge on any atom is -0.475 e. The monoisotopic (exact) mass is 479 g/mol. The van der Waals surface area contributed by atoms with E-state index < -0.39 is 12.1 Å². The number of fused-ring (bicyclic) bond motifs is 1. The third kappa shape index (κ3) is 6.82. The number of alkyl halides is 3. The largest absolute Gasteiger partial charge is 0.490 e. The van der Waals surface area contributed by atoms with Crippen molar-refractivity contribution in [2.24, 2.45) is 0 Å². The van der Waals surface area contributed by atoms with Crippen LogP contribution in [0.3, 0.4) is 0 Å². The number of nitrogens with one attached hydrogen (secondary N) is 1. The van der Waals surface area contributed by atoms with E-state index in [1.54, 1.807) is 0 Å². The number of carbonyl (C=O) groups is 2. The number of nitrogens with zero attached hydrogens (tertiary/aromatic N) is 2. The second-order valence-corrected chi connectivity index (χ2v) is 7.89. The lowest BCUT2D eigenvalue weighted by atomic mass is 10.1. The first-order valence-corrected chi connectivity index (χ1v) is 10.4. The number of aliphatic carboxylic acids is 1. The predicted molar refractivity (Wildman–Crippen MR) is 119 cm³/mol. The Morgan fingerprint density at radius 2 is 1.85 bits per heavy atom. The van der Waals surface area contributed by atoms with Crippen molar-refractivity contribution < 1.29 is 27.9 Å². The summed E-state index contributed by atoms with van der Waals surface area (Å²) in [5.74, 6) is -2.68. The highest BCUT2D eigenvalue weighted by atomic mass is 35.5. The van der Waals surface area contributed by atoms with Crippen LogP contribution in [-0.4, -0.2) is 47.3 Å². The van der Waals surface area contributed by atoms with E-state index in [0.717, 1.165) is 41.7 Å². The molecule has 1 amide bonds. The molecule has 1 unspecified atom stereocenters. The smallest absolute Gasteiger partial charge is 0.475 e. The highest BCUT2D eigenvalue weighted by Crippen LogP contribution is 2.29. The van der Waals surface area contributed by atoms with Crippen LogP contribution in [0, 0.1) is 0 Å². The summed E-state index contributed by atoms with van der Waals surface area (Å²) in [4.78, 5) is 27.9. The second-order valence-electron chi connectivity index (χ2n) is 7.46. The molecule has 1 atom stereocenters. The summed E-state index contributed by atoms with van der Waals surface area (Å²) in [5, 5.41) is 12.1. The maximum Gasteiger partial charge on any atom is 0.490 e. The van der Waals surface area contributed by atoms with E-state index in [4.69, 9.17) is 21.5 Å². The number of amides is 1. The fraction of sp³-hybridized carbons (Fsp3) is 0.261. The summed E-state index contributed by atoms with van der Waals surface area (Å²) < 4.78 is 31.7. The maximum absolute atomic E-state index is 12.3. The van der Waals surface area contributed by atoms with E-state index >= 15 is 0 Å². The minimum atomic E-state index is -5.08. The quantitative estimate of drug-likeness (QED) is 0.577. The molecule has 2 heterocycles. The van der Waals surface area contributed by atoms with Crippen molar-refractivity contribution in [2.75, 3.05) is 18.0 Å². The lowest BCUT2D eigenvalue weighted by Crippen LogP contribution is -2.38. The molecule has 2 aromatic carbocycles. The molecule has 1 aliphatic rings. The standard InChI is InChI=1S/C21H20ClN3O.C2HF3O2/c22-16-6-7-18-19(13-16)23-10-8-20(18)25-11-9-17(14-25)24-21(26)12-15-4-2-1-3-5-15;3-2(4,5)1(6)7/h1-8,10,13,17H,9,11-12,14H2,(H,24,26);(H,6,7). The normalized spacial score (nSPS) is 15.6. The Morgan fingerprint density at radius 1 is 1.15 bits per heavy atom. The van der Waals surface area contributed by atoms with E-state index in [-0.39, 0.29) is 11.9 Å². The number of anilines is 1. The molecule has 1 saturated heterocycles. The molecule has 0 saturated carbocycles. The maximum atomic E-state index is 12.3. The van der Waals surface area contributed by atoms with Crippen LogP contribution in [0.1, 0.15) is 12.0 Å². The number of carbonyl (C=O) groups excluding carboxylic acids is 1. The van der Waals surface area contributed by atoms with Gasteiger partial charge in [0.25, 0.3) is 0 Å². The number of halogens is 4. The molecule has 174 valence electrons. The Labute approximate surface area is 193 Å². The van der Waals surface area contributed by atoms with Crippen LogP contribution in [0.25, 0.3) is 10.9 Å². The summed E-state index contributed by atoms with van der Waals surface area (Å²) in [6.45, 7) is 1.72. The van der Waals surface area contributed by atoms with Gasteiger partial charge in [0.2, 0.25) is 5.91 Å². The van der Waals surface area contributed by atoms with Gasteiger partial charge in [-0.05, 0) is 36.2 Å². The minimum absolute atomic E-state index is 0.0782. The van der Waals surface area contributed by atoms with Crippen LogP contribution in [0.2, 0.25) is 5.02 Å². The van der Waals surface area contributed by atoms with Gasteiger partial charge in [-0.15, -0.1) is 0 Å². The van der Waals surface area contributed by atoms with Crippen LogP contribution in [-0.2, 0) is 16.0 Å². The van der Waals surface area contributed by atoms with Crippen LogP contribution in [0.5, 0.6) is 0 Å². The van der Waals surface area contributed by atoms with Crippen molar-refractivity contribution in [3.8, 4) is 0 Å². The summed E-state index contributed by atoms with van der Waals surface area (Å²) >= 11 is 6.08. The van der Waals surface area contributed by atoms with Crippen molar-refractivity contribution in [3.63, 3.8) is 0 Å². The average Bonchev–Trinajstić information content (AvgIpc) is 3.21. The van der Waals surface area contributed by atoms with Gasteiger partial charge >= 0.3 is 12.1 Å². The number of hydrogen-bond donors (Lipinski definition) is 2. The Bertz CT molecular complexity index is 1130. The summed E-state index contributed by atoms with van der Waals surface area (Å²) in [7, 11) is 0. The third-order valence-electron chi connectivity index (χ3n) is 5.03. The number of carboxylic acids is 1. The van der Waals surface area contributed by atoms with E-state index in [2.05, 4.69) is 15.2 Å². The lowest BCUT2D eigenvalue weighted by Gasteiger charge is -2.21. The van der Waals surface area contributed by atoms with Crippen molar-refractivity contribution in [1.82, 2.24) is 10.3 Å². The van der Waals surface area contributed by atoms with Crippen LogP contribution in [0.15, 0.2) is 60.8 Å². The van der Waals surface area contributed by atoms with Crippen molar-refractivity contribution >= 4 is 40.1 Å². The SMILES string of the molecule is O=C(Cc1ccccc1)NC1CCN(c2ccnc3cc(Cl)ccc23)C1.O=C(O)C(F)(F)F. The molecule has 0 spiro atoms. The Morgan fingerprint density at radius 3 is 2.52 bits per heavy atom. The highest BCUT2D eigenvalue weighted by Gasteiger charge is 2.38. The Balaban J connectivity index is 0.000000383. The molecule has 0 aliphatic carbocycles. The van der Waals surface area contributed by atoms with E-state index in [9.17, 15) is 18.0 Å². The molecule has 10 heteroatoms. The fourth-order valence-corrected chi connectivity index (χ4v) is 3.71. The van der Waals surface area contributed by atoms with Gasteiger partial charge in [0, 0.05) is 41.4 Å². The van der Waals surface area contributed by atoms with E-state index in [1.807, 2.05) is 60.8 Å². The molecule has 1 fully saturated rings. The second kappa shape index (κ2) is 10.5. The molecule has 1 aliphatic heterocycles. The first kappa shape index (κ1) is 24.3. The molecule has 3 aromatic rings. The number of pyridine rings is 1. The summed E-state index contributed by atoms with van der Waals surface area (Å²) in [6, 6.07) is 17.8. The van der Waals surface area contributed by atoms with Crippen LogP contribution < -0.4 is 10.2 Å². The number of rotatable bonds is 4. The topological polar surface area (TPSA) is 82.5 Å². The van der Waals surface area contributed by atoms with Gasteiger partial charge < -0.3 is 15.3 Å². The van der Waals surface area contributed by atoms with Gasteiger partial charge in [0.15, 0.2) is 0 Å². The molecular weight excluding hydrogens is 459 g/mol. The Hall–Kier alpha value is -3.33. The van der Waals surface area contributed by atoms with Crippen LogP contribution in [0.4, 0.5) is 18.9 Å². The van der Waals surface area contributed by atoms with Gasteiger partial charge in [-0.25, -0.2) is 4.79 Å². The molecule has 33 heavy (non-hydrogen) atoms.